The van der Waals surface area contributed by atoms with Gasteiger partial charge in [0, 0.05) is 20.1 Å². The molecule has 0 radical (unpaired) electrons. The number of hydrogen-bond donors (Lipinski definition) is 0. The van der Waals surface area contributed by atoms with Crippen molar-refractivity contribution in [3.05, 3.63) is 11.4 Å². The number of methoxy groups -OCH3 is 1. The molecule has 0 amide bonds. The van der Waals surface area contributed by atoms with Gasteiger partial charge in [-0.3, -0.25) is 4.79 Å². The first-order valence-corrected chi connectivity index (χ1v) is 5.70. The van der Waals surface area contributed by atoms with E-state index in [1.165, 1.54) is 0 Å². The fourth-order valence-electron chi connectivity index (χ4n) is 1.61. The third-order valence-electron chi connectivity index (χ3n) is 2.50. The summed E-state index contributed by atoms with van der Waals surface area (Å²) in [6.45, 7) is 2.33. The van der Waals surface area contributed by atoms with Gasteiger partial charge in [-0.05, 0) is 27.1 Å². The number of carbonyl (C=O) groups excluding carboxylic acids is 1. The van der Waals surface area contributed by atoms with Crippen LogP contribution in [0.4, 0.5) is 0 Å². The highest BCUT2D eigenvalue weighted by Gasteiger charge is 2.11. The Morgan fingerprint density at radius 2 is 2.24 bits per heavy atom. The summed E-state index contributed by atoms with van der Waals surface area (Å²) in [6, 6.07) is 0. The highest BCUT2D eigenvalue weighted by atomic mass is 16.5. The molecule has 6 nitrogen and oxygen atoms in total. The fourth-order valence-corrected chi connectivity index (χ4v) is 1.61. The maximum atomic E-state index is 10.8. The largest absolute Gasteiger partial charge is 0.384 e. The minimum Gasteiger partial charge on any atom is -0.384 e. The van der Waals surface area contributed by atoms with E-state index in [0.717, 1.165) is 31.5 Å². The average Bonchev–Trinajstić information content (AvgIpc) is 2.68. The quantitative estimate of drug-likeness (QED) is 0.609. The Labute approximate surface area is 102 Å². The lowest BCUT2D eigenvalue weighted by Gasteiger charge is -2.10. The maximum Gasteiger partial charge on any atom is 0.172 e. The normalized spacial score (nSPS) is 11.1. The van der Waals surface area contributed by atoms with Gasteiger partial charge >= 0.3 is 0 Å². The minimum absolute atomic E-state index is 0.423. The van der Waals surface area contributed by atoms with Crippen LogP contribution in [0.2, 0.25) is 0 Å². The molecule has 0 aliphatic rings. The van der Waals surface area contributed by atoms with E-state index in [-0.39, 0.29) is 0 Å². The van der Waals surface area contributed by atoms with Gasteiger partial charge in [-0.2, -0.15) is 0 Å². The van der Waals surface area contributed by atoms with Crippen LogP contribution in [-0.2, 0) is 17.7 Å². The molecule has 96 valence electrons. The number of aldehydes is 1. The molecule has 0 N–H and O–H groups in total. The van der Waals surface area contributed by atoms with Crippen molar-refractivity contribution in [3.63, 3.8) is 0 Å². The molecule has 0 aromatic carbocycles. The Bertz CT molecular complexity index is 349. The van der Waals surface area contributed by atoms with Gasteiger partial charge in [0.05, 0.1) is 12.3 Å². The summed E-state index contributed by atoms with van der Waals surface area (Å²) in [6.07, 6.45) is 2.40. The second kappa shape index (κ2) is 7.13. The second-order valence-corrected chi connectivity index (χ2v) is 4.16. The first-order valence-electron chi connectivity index (χ1n) is 5.70. The molecule has 0 fully saturated rings. The van der Waals surface area contributed by atoms with Crippen molar-refractivity contribution in [2.45, 2.75) is 19.4 Å². The van der Waals surface area contributed by atoms with Gasteiger partial charge in [0.2, 0.25) is 0 Å². The van der Waals surface area contributed by atoms with Gasteiger partial charge < -0.3 is 9.64 Å². The third-order valence-corrected chi connectivity index (χ3v) is 2.50. The molecule has 1 aromatic heterocycles. The fraction of sp³-hybridized carbons (Fsp3) is 0.727. The number of nitrogens with zero attached hydrogens (tertiary/aromatic N) is 4. The van der Waals surface area contributed by atoms with Gasteiger partial charge in [0.25, 0.3) is 0 Å². The lowest BCUT2D eigenvalue weighted by molar-refractivity contribution is 0.111. The Kier molecular flexibility index (Phi) is 5.79. The molecule has 0 aliphatic carbocycles. The number of hydrogen-bond acceptors (Lipinski definition) is 5. The van der Waals surface area contributed by atoms with Crippen molar-refractivity contribution >= 4 is 6.29 Å². The van der Waals surface area contributed by atoms with Crippen molar-refractivity contribution in [2.24, 2.45) is 0 Å². The summed E-state index contributed by atoms with van der Waals surface area (Å²) in [5.74, 6) is 0. The highest BCUT2D eigenvalue weighted by molar-refractivity contribution is 5.73. The molecule has 17 heavy (non-hydrogen) atoms. The summed E-state index contributed by atoms with van der Waals surface area (Å²) in [5.41, 5.74) is 1.28. The molecular weight excluding hydrogens is 220 g/mol. The SMILES string of the molecule is COCCc1c(C=O)nnn1CCCN(C)C. The van der Waals surface area contributed by atoms with Gasteiger partial charge in [-0.15, -0.1) is 5.10 Å². The number of aromatic nitrogens is 3. The Hall–Kier alpha value is -1.27. The molecule has 6 heteroatoms. The van der Waals surface area contributed by atoms with Crippen LogP contribution >= 0.6 is 0 Å². The summed E-state index contributed by atoms with van der Waals surface area (Å²) < 4.78 is 6.82. The monoisotopic (exact) mass is 240 g/mol. The van der Waals surface area contributed by atoms with E-state index < -0.39 is 0 Å². The van der Waals surface area contributed by atoms with Crippen molar-refractivity contribution in [1.29, 1.82) is 0 Å². The Balaban J connectivity index is 2.63. The second-order valence-electron chi connectivity index (χ2n) is 4.16. The third kappa shape index (κ3) is 4.24. The molecular formula is C11H20N4O2. The molecule has 0 aliphatic heterocycles. The molecule has 0 bridgehead atoms. The molecule has 0 atom stereocenters. The molecule has 0 saturated carbocycles. The summed E-state index contributed by atoms with van der Waals surface area (Å²) in [5, 5.41) is 7.86. The van der Waals surface area contributed by atoms with Crippen LogP contribution in [0.5, 0.6) is 0 Å². The smallest absolute Gasteiger partial charge is 0.172 e. The van der Waals surface area contributed by atoms with E-state index in [0.29, 0.717) is 18.7 Å². The molecule has 0 unspecified atom stereocenters. The van der Waals surface area contributed by atoms with Gasteiger partial charge in [-0.25, -0.2) is 4.68 Å². The molecule has 1 rings (SSSR count). The van der Waals surface area contributed by atoms with Crippen LogP contribution in [0.1, 0.15) is 22.6 Å². The van der Waals surface area contributed by atoms with E-state index in [4.69, 9.17) is 4.74 Å². The lowest BCUT2D eigenvalue weighted by Crippen LogP contribution is -2.17. The molecule has 1 aromatic rings. The highest BCUT2D eigenvalue weighted by Crippen LogP contribution is 2.05. The van der Waals surface area contributed by atoms with Crippen LogP contribution in [0.15, 0.2) is 0 Å². The zero-order valence-electron chi connectivity index (χ0n) is 10.7. The summed E-state index contributed by atoms with van der Waals surface area (Å²) in [7, 11) is 5.70. The van der Waals surface area contributed by atoms with E-state index >= 15 is 0 Å². The number of carbonyl (C=O) groups is 1. The number of aryl methyl sites for hydroxylation is 1. The van der Waals surface area contributed by atoms with Gasteiger partial charge in [0.1, 0.15) is 5.69 Å². The predicted molar refractivity (Wildman–Crippen MR) is 64.2 cm³/mol. The maximum absolute atomic E-state index is 10.8. The zero-order valence-corrected chi connectivity index (χ0v) is 10.7. The Morgan fingerprint density at radius 3 is 2.82 bits per heavy atom. The van der Waals surface area contributed by atoms with Crippen LogP contribution < -0.4 is 0 Å². The van der Waals surface area contributed by atoms with Crippen molar-refractivity contribution < 1.29 is 9.53 Å². The van der Waals surface area contributed by atoms with Crippen molar-refractivity contribution in [3.8, 4) is 0 Å². The number of rotatable bonds is 8. The van der Waals surface area contributed by atoms with E-state index in [1.54, 1.807) is 11.8 Å². The standard InChI is InChI=1S/C11H20N4O2/c1-14(2)6-4-7-15-11(5-8-17-3)10(9-16)12-13-15/h9H,4-8H2,1-3H3. The molecule has 0 saturated heterocycles. The van der Waals surface area contributed by atoms with Crippen LogP contribution in [0.25, 0.3) is 0 Å². The lowest BCUT2D eigenvalue weighted by atomic mass is 10.2. The van der Waals surface area contributed by atoms with Gasteiger partial charge in [0.15, 0.2) is 6.29 Å². The van der Waals surface area contributed by atoms with Crippen molar-refractivity contribution in [1.82, 2.24) is 19.9 Å². The van der Waals surface area contributed by atoms with Crippen molar-refractivity contribution in [2.75, 3.05) is 34.4 Å². The predicted octanol–water partition coefficient (Wildman–Crippen LogP) is 0.231. The summed E-state index contributed by atoms with van der Waals surface area (Å²) >= 11 is 0. The molecule has 0 spiro atoms. The minimum atomic E-state index is 0.423. The van der Waals surface area contributed by atoms with Crippen LogP contribution in [0, 0.1) is 0 Å². The topological polar surface area (TPSA) is 60.2 Å². The first kappa shape index (κ1) is 13.8. The average molecular weight is 240 g/mol. The van der Waals surface area contributed by atoms with Crippen LogP contribution in [0.3, 0.4) is 0 Å². The van der Waals surface area contributed by atoms with E-state index in [1.807, 2.05) is 14.1 Å². The molecule has 1 heterocycles. The first-order chi connectivity index (χ1) is 8.19. The van der Waals surface area contributed by atoms with E-state index in [9.17, 15) is 4.79 Å². The zero-order chi connectivity index (χ0) is 12.7. The van der Waals surface area contributed by atoms with Gasteiger partial charge in [-0.1, -0.05) is 5.21 Å². The van der Waals surface area contributed by atoms with E-state index in [2.05, 4.69) is 15.2 Å². The summed E-state index contributed by atoms with van der Waals surface area (Å²) in [4.78, 5) is 12.9. The Morgan fingerprint density at radius 1 is 1.47 bits per heavy atom. The number of ether oxygens (including phenoxy) is 1. The van der Waals surface area contributed by atoms with Crippen LogP contribution in [-0.4, -0.2) is 60.5 Å².